The third-order valence-corrected chi connectivity index (χ3v) is 8.19. The number of halogens is 3. The van der Waals surface area contributed by atoms with Gasteiger partial charge < -0.3 is 4.90 Å². The molecule has 36 heavy (non-hydrogen) atoms. The van der Waals surface area contributed by atoms with Gasteiger partial charge in [-0.2, -0.15) is 0 Å². The maximum Gasteiger partial charge on any atom is 0.174 e. The normalized spacial score (nSPS) is 22.3. The number of hydrogen-bond acceptors (Lipinski definition) is 3. The largest absolute Gasteiger partial charge is 0.308 e. The maximum absolute atomic E-state index is 13.9. The fourth-order valence-corrected chi connectivity index (χ4v) is 6.42. The summed E-state index contributed by atoms with van der Waals surface area (Å²) in [5, 5.41) is 3.07. The molecule has 0 unspecified atom stereocenters. The second-order valence-electron chi connectivity index (χ2n) is 9.45. The number of aliphatic imine (C=N–C) groups is 1. The number of amidine groups is 1. The van der Waals surface area contributed by atoms with E-state index >= 15 is 0 Å². The van der Waals surface area contributed by atoms with Gasteiger partial charge in [-0.3, -0.25) is 0 Å². The molecule has 0 saturated heterocycles. The molecule has 3 aliphatic rings. The van der Waals surface area contributed by atoms with E-state index < -0.39 is 0 Å². The fourth-order valence-electron chi connectivity index (χ4n) is 5.22. The van der Waals surface area contributed by atoms with E-state index in [1.807, 2.05) is 24.3 Å². The lowest BCUT2D eigenvalue weighted by molar-refractivity contribution is 0.425. The zero-order chi connectivity index (χ0) is 24.8. The summed E-state index contributed by atoms with van der Waals surface area (Å²) < 4.78 is 28.5. The van der Waals surface area contributed by atoms with Gasteiger partial charge in [0.2, 0.25) is 0 Å². The molecule has 1 aliphatic carbocycles. The number of rotatable bonds is 3. The van der Waals surface area contributed by atoms with Gasteiger partial charge in [-0.1, -0.05) is 71.0 Å². The molecule has 0 aromatic heterocycles. The first kappa shape index (κ1) is 23.4. The topological polar surface area (TPSA) is 15.6 Å². The first-order valence-electron chi connectivity index (χ1n) is 11.9. The molecule has 0 saturated carbocycles. The average molecular weight is 561 g/mol. The lowest BCUT2D eigenvalue weighted by atomic mass is 9.78. The number of thioether (sulfide) groups is 1. The van der Waals surface area contributed by atoms with Gasteiger partial charge >= 0.3 is 0 Å². The van der Waals surface area contributed by atoms with Crippen LogP contribution in [0.25, 0.3) is 11.8 Å². The summed E-state index contributed by atoms with van der Waals surface area (Å²) in [6, 6.07) is 21.7. The number of hydrogen-bond donors (Lipinski definition) is 0. The Hall–Kier alpha value is -2.96. The Morgan fingerprint density at radius 2 is 1.58 bits per heavy atom. The Morgan fingerprint density at radius 1 is 0.917 bits per heavy atom. The first-order valence-corrected chi connectivity index (χ1v) is 13.6. The number of benzene rings is 3. The molecule has 0 fully saturated rings. The highest BCUT2D eigenvalue weighted by Crippen LogP contribution is 2.52. The quantitative estimate of drug-likeness (QED) is 0.317. The minimum Gasteiger partial charge on any atom is -0.308 e. The van der Waals surface area contributed by atoms with Crippen molar-refractivity contribution in [2.75, 3.05) is 0 Å². The number of fused-ring (bicyclic) bond motifs is 1. The molecule has 2 heterocycles. The van der Waals surface area contributed by atoms with Gasteiger partial charge in [-0.15, -0.1) is 0 Å². The molecule has 6 heteroatoms. The third kappa shape index (κ3) is 4.37. The van der Waals surface area contributed by atoms with Gasteiger partial charge in [-0.05, 0) is 89.1 Å². The molecule has 180 valence electrons. The van der Waals surface area contributed by atoms with Crippen molar-refractivity contribution in [1.82, 2.24) is 4.90 Å². The lowest BCUT2D eigenvalue weighted by Gasteiger charge is -2.41. The van der Waals surface area contributed by atoms with Gasteiger partial charge in [0.25, 0.3) is 0 Å². The van der Waals surface area contributed by atoms with E-state index in [4.69, 9.17) is 4.99 Å². The summed E-state index contributed by atoms with van der Waals surface area (Å²) in [6.45, 7) is 2.26. The molecule has 3 aromatic rings. The van der Waals surface area contributed by atoms with Crippen LogP contribution in [0.2, 0.25) is 0 Å². The molecular formula is C30H23BrF2N2S. The van der Waals surface area contributed by atoms with Crippen LogP contribution in [0.1, 0.15) is 42.5 Å². The monoisotopic (exact) mass is 560 g/mol. The fraction of sp³-hybridized carbons (Fsp3) is 0.167. The summed E-state index contributed by atoms with van der Waals surface area (Å²) >= 11 is 5.16. The molecular weight excluding hydrogens is 538 g/mol. The van der Waals surface area contributed by atoms with E-state index in [1.54, 1.807) is 23.9 Å². The molecule has 0 bridgehead atoms. The number of nitrogens with zero attached hydrogens (tertiary/aromatic N) is 2. The average Bonchev–Trinajstić information content (AvgIpc) is 3.29. The van der Waals surface area contributed by atoms with Gasteiger partial charge in [-0.25, -0.2) is 13.8 Å². The van der Waals surface area contributed by atoms with E-state index in [2.05, 4.69) is 51.4 Å². The maximum atomic E-state index is 13.9. The van der Waals surface area contributed by atoms with Gasteiger partial charge in [0, 0.05) is 9.88 Å². The van der Waals surface area contributed by atoms with E-state index in [9.17, 15) is 8.78 Å². The van der Waals surface area contributed by atoms with Crippen molar-refractivity contribution >= 4 is 44.6 Å². The zero-order valence-corrected chi connectivity index (χ0v) is 22.0. The minimum atomic E-state index is -0.244. The van der Waals surface area contributed by atoms with Crippen molar-refractivity contribution in [2.45, 2.75) is 25.8 Å². The molecule has 0 radical (unpaired) electrons. The summed E-state index contributed by atoms with van der Waals surface area (Å²) in [6.07, 6.45) is 3.94. The van der Waals surface area contributed by atoms with Crippen LogP contribution >= 0.6 is 27.7 Å². The molecule has 0 N–H and O–H groups in total. The van der Waals surface area contributed by atoms with E-state index in [-0.39, 0.29) is 17.7 Å². The molecule has 3 aromatic carbocycles. The molecule has 2 nitrogen and oxygen atoms in total. The van der Waals surface area contributed by atoms with Crippen LogP contribution in [-0.4, -0.2) is 10.1 Å². The van der Waals surface area contributed by atoms with Crippen molar-refractivity contribution in [3.8, 4) is 0 Å². The highest BCUT2D eigenvalue weighted by molar-refractivity contribution is 9.10. The van der Waals surface area contributed by atoms with Gasteiger partial charge in [0.15, 0.2) is 5.17 Å². The minimum absolute atomic E-state index is 0.0858. The molecule has 0 spiro atoms. The van der Waals surface area contributed by atoms with Crippen LogP contribution in [0.4, 0.5) is 8.78 Å². The van der Waals surface area contributed by atoms with E-state index in [0.29, 0.717) is 5.92 Å². The van der Waals surface area contributed by atoms with Crippen molar-refractivity contribution in [1.29, 1.82) is 0 Å². The molecule has 2 aliphatic heterocycles. The summed E-state index contributed by atoms with van der Waals surface area (Å²) in [5.41, 5.74) is 7.61. The Labute approximate surface area is 222 Å². The van der Waals surface area contributed by atoms with Crippen LogP contribution in [-0.2, 0) is 0 Å². The van der Waals surface area contributed by atoms with Crippen LogP contribution in [0.15, 0.2) is 105 Å². The predicted octanol–water partition coefficient (Wildman–Crippen LogP) is 8.95. The second kappa shape index (κ2) is 9.49. The smallest absolute Gasteiger partial charge is 0.174 e. The van der Waals surface area contributed by atoms with Crippen LogP contribution in [0.5, 0.6) is 0 Å². The zero-order valence-electron chi connectivity index (χ0n) is 19.6. The lowest BCUT2D eigenvalue weighted by Crippen LogP contribution is -2.35. The summed E-state index contributed by atoms with van der Waals surface area (Å²) in [7, 11) is 0. The van der Waals surface area contributed by atoms with Gasteiger partial charge in [0.1, 0.15) is 11.6 Å². The van der Waals surface area contributed by atoms with Crippen molar-refractivity contribution in [3.05, 3.63) is 128 Å². The number of allylic oxidation sites excluding steroid dienone is 1. The Bertz CT molecular complexity index is 1440. The van der Waals surface area contributed by atoms with Crippen LogP contribution in [0.3, 0.4) is 0 Å². The van der Waals surface area contributed by atoms with Crippen LogP contribution < -0.4 is 0 Å². The molecule has 6 rings (SSSR count). The van der Waals surface area contributed by atoms with Crippen molar-refractivity contribution in [3.63, 3.8) is 0 Å². The van der Waals surface area contributed by atoms with Gasteiger partial charge in [0.05, 0.1) is 17.4 Å². The molecule has 0 amide bonds. The van der Waals surface area contributed by atoms with Crippen molar-refractivity contribution in [2.24, 2.45) is 10.9 Å². The highest BCUT2D eigenvalue weighted by atomic mass is 79.9. The first-order chi connectivity index (χ1) is 17.5. The van der Waals surface area contributed by atoms with E-state index in [1.165, 1.54) is 29.8 Å². The predicted molar refractivity (Wildman–Crippen MR) is 148 cm³/mol. The third-order valence-electron chi connectivity index (χ3n) is 6.82. The highest BCUT2D eigenvalue weighted by Gasteiger charge is 2.41. The summed E-state index contributed by atoms with van der Waals surface area (Å²) in [5.74, 6) is -0.0653. The van der Waals surface area contributed by atoms with Crippen LogP contribution in [0, 0.1) is 17.6 Å². The SMILES string of the molecule is C[C@H]1CC2=C(N=C3SC=C(c4ccc(Br)cc4)N3[C@@H]2c2ccc(F)cc2)/C(=C/c2ccc(F)cc2)C1. The Morgan fingerprint density at radius 3 is 2.28 bits per heavy atom. The Kier molecular flexibility index (Phi) is 6.18. The second-order valence-corrected chi connectivity index (χ2v) is 11.2. The Balaban J connectivity index is 1.50. The summed E-state index contributed by atoms with van der Waals surface area (Å²) in [4.78, 5) is 7.49. The molecule has 2 atom stereocenters. The van der Waals surface area contributed by atoms with E-state index in [0.717, 1.165) is 56.1 Å². The van der Waals surface area contributed by atoms with Crippen molar-refractivity contribution < 1.29 is 8.78 Å². The standard InChI is InChI=1S/C30H23BrF2N2S/c1-18-14-22(16-19-2-10-24(32)11-3-19)28-26(15-18)29(21-6-12-25(33)13-7-21)35-27(17-36-30(35)34-28)20-4-8-23(31)9-5-20/h2-13,16-18,29H,14-15H2,1H3/b22-16+/t18-,29-/m1/s1.